The van der Waals surface area contributed by atoms with Crippen LogP contribution in [0.25, 0.3) is 0 Å². The first-order chi connectivity index (χ1) is 8.22. The van der Waals surface area contributed by atoms with E-state index in [4.69, 9.17) is 0 Å². The summed E-state index contributed by atoms with van der Waals surface area (Å²) >= 11 is 2.00. The molecule has 1 aliphatic rings. The smallest absolute Gasteiger partial charge is 0.0443 e. The van der Waals surface area contributed by atoms with Crippen molar-refractivity contribution in [3.8, 4) is 0 Å². The molecule has 0 amide bonds. The lowest BCUT2D eigenvalue weighted by Crippen LogP contribution is -2.27. The topological polar surface area (TPSA) is 12.0 Å². The molecule has 1 aromatic rings. The fraction of sp³-hybridized carbons (Fsp3) is 0.733. The monoisotopic (exact) mass is 251 g/mol. The maximum absolute atomic E-state index is 3.78. The van der Waals surface area contributed by atoms with Crippen LogP contribution >= 0.6 is 11.3 Å². The van der Waals surface area contributed by atoms with Crippen molar-refractivity contribution in [3.63, 3.8) is 0 Å². The highest BCUT2D eigenvalue weighted by molar-refractivity contribution is 7.12. The van der Waals surface area contributed by atoms with Crippen molar-refractivity contribution in [2.45, 2.75) is 58.9 Å². The number of nitrogens with one attached hydrogen (secondary N) is 1. The minimum atomic E-state index is 0.620. The molecule has 1 saturated carbocycles. The van der Waals surface area contributed by atoms with Crippen molar-refractivity contribution in [3.05, 3.63) is 21.4 Å². The second-order valence-corrected chi connectivity index (χ2v) is 6.65. The number of aryl methyl sites for hydroxylation is 2. The van der Waals surface area contributed by atoms with Crippen LogP contribution in [0.4, 0.5) is 0 Å². The van der Waals surface area contributed by atoms with E-state index >= 15 is 0 Å². The Morgan fingerprint density at radius 1 is 1.35 bits per heavy atom. The fourth-order valence-corrected chi connectivity index (χ4v) is 4.06. The van der Waals surface area contributed by atoms with Gasteiger partial charge >= 0.3 is 0 Å². The Balaban J connectivity index is 2.13. The zero-order valence-corrected chi connectivity index (χ0v) is 12.2. The van der Waals surface area contributed by atoms with E-state index in [-0.39, 0.29) is 0 Å². The first kappa shape index (κ1) is 13.1. The fourth-order valence-electron chi connectivity index (χ4n) is 2.85. The van der Waals surface area contributed by atoms with E-state index < -0.39 is 0 Å². The van der Waals surface area contributed by atoms with Crippen molar-refractivity contribution in [1.82, 2.24) is 5.32 Å². The zero-order valence-electron chi connectivity index (χ0n) is 11.4. The second kappa shape index (κ2) is 6.01. The summed E-state index contributed by atoms with van der Waals surface area (Å²) in [6.07, 6.45) is 6.91. The van der Waals surface area contributed by atoms with Gasteiger partial charge in [0.25, 0.3) is 0 Å². The van der Waals surface area contributed by atoms with Crippen molar-refractivity contribution in [1.29, 1.82) is 0 Å². The third kappa shape index (κ3) is 3.11. The van der Waals surface area contributed by atoms with E-state index in [2.05, 4.69) is 32.2 Å². The Morgan fingerprint density at radius 2 is 2.06 bits per heavy atom. The number of rotatable bonds is 5. The van der Waals surface area contributed by atoms with E-state index in [1.165, 1.54) is 42.5 Å². The van der Waals surface area contributed by atoms with Gasteiger partial charge in [0.15, 0.2) is 0 Å². The van der Waals surface area contributed by atoms with Crippen molar-refractivity contribution >= 4 is 11.3 Å². The number of hydrogen-bond donors (Lipinski definition) is 1. The summed E-state index contributed by atoms with van der Waals surface area (Å²) in [6.45, 7) is 7.89. The molecule has 0 spiro atoms. The summed E-state index contributed by atoms with van der Waals surface area (Å²) in [7, 11) is 0. The molecule has 1 atom stereocenters. The minimum absolute atomic E-state index is 0.620. The van der Waals surface area contributed by atoms with E-state index in [0.29, 0.717) is 6.04 Å². The highest BCUT2D eigenvalue weighted by Gasteiger charge is 2.27. The average molecular weight is 251 g/mol. The molecule has 1 nitrogen and oxygen atoms in total. The molecule has 0 aromatic carbocycles. The van der Waals surface area contributed by atoms with Crippen molar-refractivity contribution < 1.29 is 0 Å². The third-order valence-corrected chi connectivity index (χ3v) is 5.21. The van der Waals surface area contributed by atoms with E-state index in [1.54, 1.807) is 4.88 Å². The molecule has 1 unspecified atom stereocenters. The highest BCUT2D eigenvalue weighted by atomic mass is 32.1. The van der Waals surface area contributed by atoms with Gasteiger partial charge < -0.3 is 5.32 Å². The van der Waals surface area contributed by atoms with Gasteiger partial charge in [-0.2, -0.15) is 0 Å². The molecule has 1 heterocycles. The summed E-state index contributed by atoms with van der Waals surface area (Å²) in [6, 6.07) is 3.03. The standard InChI is InChI=1S/C15H25NS/c1-4-9-16-15(13-7-5-6-8-13)14-10-11(2)12(3)17-14/h10,13,15-16H,4-9H2,1-3H3. The van der Waals surface area contributed by atoms with Crippen LogP contribution in [-0.4, -0.2) is 6.54 Å². The summed E-state index contributed by atoms with van der Waals surface area (Å²) in [4.78, 5) is 3.06. The van der Waals surface area contributed by atoms with Crippen molar-refractivity contribution in [2.24, 2.45) is 5.92 Å². The molecule has 0 radical (unpaired) electrons. The van der Waals surface area contributed by atoms with E-state index in [0.717, 1.165) is 12.5 Å². The highest BCUT2D eigenvalue weighted by Crippen LogP contribution is 2.39. The van der Waals surface area contributed by atoms with Gasteiger partial charge in [0.1, 0.15) is 0 Å². The van der Waals surface area contributed by atoms with Gasteiger partial charge in [-0.15, -0.1) is 11.3 Å². The Kier molecular flexibility index (Phi) is 4.63. The maximum Gasteiger partial charge on any atom is 0.0443 e. The van der Waals surface area contributed by atoms with E-state index in [9.17, 15) is 0 Å². The molecule has 0 bridgehead atoms. The molecule has 96 valence electrons. The van der Waals surface area contributed by atoms with E-state index in [1.807, 2.05) is 11.3 Å². The largest absolute Gasteiger partial charge is 0.309 e. The van der Waals surface area contributed by atoms with Crippen molar-refractivity contribution in [2.75, 3.05) is 6.54 Å². The lowest BCUT2D eigenvalue weighted by atomic mass is 9.96. The lowest BCUT2D eigenvalue weighted by molar-refractivity contribution is 0.373. The quantitative estimate of drug-likeness (QED) is 0.806. The third-order valence-electron chi connectivity index (χ3n) is 3.98. The Morgan fingerprint density at radius 3 is 2.59 bits per heavy atom. The van der Waals surface area contributed by atoms with Crippen LogP contribution in [0.1, 0.15) is 60.4 Å². The summed E-state index contributed by atoms with van der Waals surface area (Å²) in [5.74, 6) is 0.874. The van der Waals surface area contributed by atoms with Crippen LogP contribution < -0.4 is 5.32 Å². The van der Waals surface area contributed by atoms with Crippen LogP contribution in [0.3, 0.4) is 0 Å². The molecule has 0 aliphatic heterocycles. The first-order valence-electron chi connectivity index (χ1n) is 7.02. The van der Waals surface area contributed by atoms with Crippen LogP contribution in [0.5, 0.6) is 0 Å². The van der Waals surface area contributed by atoms with Gasteiger partial charge in [-0.05, 0) is 57.2 Å². The lowest BCUT2D eigenvalue weighted by Gasteiger charge is -2.23. The maximum atomic E-state index is 3.78. The van der Waals surface area contributed by atoms with Crippen LogP contribution in [0.15, 0.2) is 6.07 Å². The molecule has 1 fully saturated rings. The van der Waals surface area contributed by atoms with Gasteiger partial charge in [-0.25, -0.2) is 0 Å². The molecule has 0 saturated heterocycles. The predicted molar refractivity (Wildman–Crippen MR) is 76.8 cm³/mol. The number of thiophene rings is 1. The molecule has 2 rings (SSSR count). The molecule has 1 N–H and O–H groups in total. The van der Waals surface area contributed by atoms with Crippen LogP contribution in [0.2, 0.25) is 0 Å². The Labute approximate surface area is 110 Å². The van der Waals surface area contributed by atoms with Gasteiger partial charge in [0.05, 0.1) is 0 Å². The molecule has 1 aliphatic carbocycles. The van der Waals surface area contributed by atoms with Gasteiger partial charge in [0, 0.05) is 15.8 Å². The molecule has 1 aromatic heterocycles. The Hall–Kier alpha value is -0.340. The molecule has 2 heteroatoms. The number of hydrogen-bond acceptors (Lipinski definition) is 2. The SMILES string of the molecule is CCCNC(c1cc(C)c(C)s1)C1CCCC1. The second-order valence-electron chi connectivity index (χ2n) is 5.36. The van der Waals surface area contributed by atoms with Crippen LogP contribution in [0, 0.1) is 19.8 Å². The zero-order chi connectivity index (χ0) is 12.3. The summed E-state index contributed by atoms with van der Waals surface area (Å²) in [5.41, 5.74) is 1.46. The predicted octanol–water partition coefficient (Wildman–Crippen LogP) is 4.60. The minimum Gasteiger partial charge on any atom is -0.309 e. The van der Waals surface area contributed by atoms with Gasteiger partial charge in [0.2, 0.25) is 0 Å². The normalized spacial score (nSPS) is 18.8. The molecular formula is C15H25NS. The first-order valence-corrected chi connectivity index (χ1v) is 7.84. The summed E-state index contributed by atoms with van der Waals surface area (Å²) in [5, 5.41) is 3.78. The molecule has 17 heavy (non-hydrogen) atoms. The summed E-state index contributed by atoms with van der Waals surface area (Å²) < 4.78 is 0. The Bertz CT molecular complexity index is 330. The average Bonchev–Trinajstić information content (AvgIpc) is 2.92. The van der Waals surface area contributed by atoms with Gasteiger partial charge in [-0.3, -0.25) is 0 Å². The molecular weight excluding hydrogens is 226 g/mol. The van der Waals surface area contributed by atoms with Crippen LogP contribution in [-0.2, 0) is 0 Å². The van der Waals surface area contributed by atoms with Gasteiger partial charge in [-0.1, -0.05) is 19.8 Å².